The molecule has 0 fully saturated rings. The third-order valence-electron chi connectivity index (χ3n) is 14.9. The molecule has 7 aromatic rings. The van der Waals surface area contributed by atoms with E-state index in [9.17, 15) is 47.3 Å². The molecule has 4 aliphatic heterocycles. The van der Waals surface area contributed by atoms with E-state index in [0.717, 1.165) is 56.0 Å². The zero-order chi connectivity index (χ0) is 59.3. The molecule has 0 radical (unpaired) electrons. The van der Waals surface area contributed by atoms with Gasteiger partial charge in [0, 0.05) is 45.9 Å². The summed E-state index contributed by atoms with van der Waals surface area (Å²) < 4.78 is 62.9. The second-order valence-electron chi connectivity index (χ2n) is 19.6. The lowest BCUT2D eigenvalue weighted by Crippen LogP contribution is -2.44. The fraction of sp³-hybridized carbons (Fsp3) is 0.367. The van der Waals surface area contributed by atoms with Gasteiger partial charge in [0.05, 0.1) is 90.7 Å². The molecule has 19 nitrogen and oxygen atoms in total. The molecule has 3 N–H and O–H groups in total. The zero-order valence-electron chi connectivity index (χ0n) is 46.4. The van der Waals surface area contributed by atoms with Gasteiger partial charge in [-0.2, -0.15) is 13.7 Å². The largest absolute Gasteiger partial charge is 0.508 e. The van der Waals surface area contributed by atoms with E-state index in [1.54, 1.807) is 65.4 Å². The maximum Gasteiger partial charge on any atom is 0.343 e. The first-order chi connectivity index (χ1) is 39.3. The topological polar surface area (TPSA) is 264 Å². The van der Waals surface area contributed by atoms with Crippen molar-refractivity contribution in [2.45, 2.75) is 122 Å². The standard InChI is InChI=1S/C26H25N3O5.C22H20N2O5.C11H13NO3S.CH3F/c1-3-16-17-11-15(33-10-6-5-9-27)7-8-21(17)28-23-18(16)13-29-22(23)12-20-19(24(29)30)14-34-25(31)26(20,32)4-2;1-3-12-13-7-11(25)5-6-17(13)23-19-14(12)9-24-18(19)8-16-15(20(24)26)10-29-21(27)22(16,28)4-2;1-10-4-6-11(7-5-10)16(13,14)15-9-3-8-12-2;1-2/h7-8,11-12,32H,3-6,10,13-14H2,1-2H3;5-8,25,28H,3-4,9-10H2,1-2H3;4-7H,3,8-9H2,1H3;1H3/t26-;22-;;/m00../s1/i;;;1D. The van der Waals surface area contributed by atoms with Gasteiger partial charge >= 0.3 is 11.9 Å². The summed E-state index contributed by atoms with van der Waals surface area (Å²) in [6, 6.07) is 22.8. The van der Waals surface area contributed by atoms with Crippen molar-refractivity contribution < 1.29 is 57.5 Å². The van der Waals surface area contributed by atoms with Crippen molar-refractivity contribution in [3.63, 3.8) is 0 Å². The fourth-order valence-corrected chi connectivity index (χ4v) is 11.6. The Morgan fingerprint density at radius 2 is 1.27 bits per heavy atom. The molecule has 0 amide bonds. The Labute approximate surface area is 468 Å². The minimum Gasteiger partial charge on any atom is -0.508 e. The Morgan fingerprint density at radius 3 is 1.75 bits per heavy atom. The van der Waals surface area contributed by atoms with Gasteiger partial charge in [0.2, 0.25) is 6.54 Å². The summed E-state index contributed by atoms with van der Waals surface area (Å²) in [5.74, 6) is -0.575. The van der Waals surface area contributed by atoms with Crippen LogP contribution in [0.1, 0.15) is 111 Å². The number of phenols is 1. The number of esters is 2. The second-order valence-corrected chi connectivity index (χ2v) is 21.2. The highest BCUT2D eigenvalue weighted by Crippen LogP contribution is 2.43. The number of halogens is 1. The highest BCUT2D eigenvalue weighted by Gasteiger charge is 2.47. The molecule has 8 heterocycles. The van der Waals surface area contributed by atoms with E-state index >= 15 is 0 Å². The third kappa shape index (κ3) is 10.9. The highest BCUT2D eigenvalue weighted by atomic mass is 32.2. The van der Waals surface area contributed by atoms with Crippen LogP contribution in [0, 0.1) is 24.8 Å². The second kappa shape index (κ2) is 24.2. The normalized spacial score (nSPS) is 17.0. The zero-order valence-corrected chi connectivity index (χ0v) is 46.2. The number of carbonyl (C=O) groups excluding carboxylic acids is 2. The molecule has 0 unspecified atom stereocenters. The summed E-state index contributed by atoms with van der Waals surface area (Å²) >= 11 is 0. The molecular weight excluding hydrogens is 1060 g/mol. The van der Waals surface area contributed by atoms with Gasteiger partial charge in [-0.3, -0.25) is 18.2 Å². The van der Waals surface area contributed by atoms with Crippen LogP contribution in [0.25, 0.3) is 49.4 Å². The van der Waals surface area contributed by atoms with Gasteiger partial charge in [0.25, 0.3) is 21.2 Å². The Balaban J connectivity index is 0.000000166. The number of unbranched alkanes of at least 4 members (excludes halogenated alkanes) is 1. The van der Waals surface area contributed by atoms with E-state index in [1.807, 2.05) is 32.0 Å². The van der Waals surface area contributed by atoms with Crippen LogP contribution in [0.4, 0.5) is 4.39 Å². The van der Waals surface area contributed by atoms with Crippen molar-refractivity contribution in [1.29, 1.82) is 5.26 Å². The fourth-order valence-electron chi connectivity index (χ4n) is 10.6. The number of cyclic esters (lactones) is 2. The number of carbonyl (C=O) groups is 2. The smallest absolute Gasteiger partial charge is 0.343 e. The molecule has 2 atom stereocenters. The van der Waals surface area contributed by atoms with E-state index in [-0.39, 0.29) is 61.0 Å². The van der Waals surface area contributed by atoms with Gasteiger partial charge in [0.1, 0.15) is 24.7 Å². The van der Waals surface area contributed by atoms with Crippen molar-refractivity contribution in [2.75, 3.05) is 26.9 Å². The molecule has 4 aromatic heterocycles. The van der Waals surface area contributed by atoms with E-state index in [0.29, 0.717) is 96.2 Å². The summed E-state index contributed by atoms with van der Waals surface area (Å²) in [6.07, 6.45) is 3.21. The van der Waals surface area contributed by atoms with Gasteiger partial charge in [-0.1, -0.05) is 45.4 Å². The van der Waals surface area contributed by atoms with Gasteiger partial charge in [-0.15, -0.1) is 0 Å². The molecule has 21 heteroatoms. The number of benzene rings is 3. The Kier molecular flexibility index (Phi) is 17.1. The quantitative estimate of drug-likeness (QED) is 0.0424. The Hall–Kier alpha value is -8.34. The SMILES string of the molecule is CCc1c2c(nc3ccc(O)cc13)-c1cc3c(c(=O)n1C2)COC(=O)[C@]3(O)CC.CCc1c2c(nc3ccc(OCCCC#N)cc13)-c1cc3c(c(=O)n1C2)COC(=O)[C@]3(O)CC.[2H]CF.[C-]#[N+]CCCOS(=O)(=O)c1ccc(C)cc1. The maximum atomic E-state index is 13.4. The number of alkyl halides is 1. The van der Waals surface area contributed by atoms with Crippen LogP contribution in [0.3, 0.4) is 0 Å². The Morgan fingerprint density at radius 1 is 0.765 bits per heavy atom. The molecule has 0 saturated heterocycles. The number of aromatic hydroxyl groups is 1. The number of aromatic nitrogens is 4. The summed E-state index contributed by atoms with van der Waals surface area (Å²) in [5.41, 5.74) is 6.12. The first-order valence-electron chi connectivity index (χ1n) is 27.1. The molecule has 422 valence electrons. The monoisotopic (exact) mass is 1130 g/mol. The third-order valence-corrected chi connectivity index (χ3v) is 16.3. The molecule has 0 spiro atoms. The molecule has 0 bridgehead atoms. The minimum absolute atomic E-state index is 0.0542. The average molecular weight is 1130 g/mol. The van der Waals surface area contributed by atoms with Gasteiger partial charge < -0.3 is 43.5 Å². The van der Waals surface area contributed by atoms with Crippen LogP contribution in [0.2, 0.25) is 0 Å². The number of aryl methyl sites for hydroxylation is 3. The van der Waals surface area contributed by atoms with Crippen LogP contribution in [0.15, 0.2) is 87.3 Å². The number of pyridine rings is 4. The number of fused-ring (bicyclic) bond motifs is 10. The summed E-state index contributed by atoms with van der Waals surface area (Å²) in [4.78, 5) is 64.1. The first-order valence-corrected chi connectivity index (χ1v) is 27.8. The van der Waals surface area contributed by atoms with Gasteiger partial charge in [-0.05, 0) is 111 Å². The van der Waals surface area contributed by atoms with Crippen LogP contribution in [-0.2, 0) is 83.7 Å². The average Bonchev–Trinajstić information content (AvgIpc) is 3.99. The van der Waals surface area contributed by atoms with Crippen molar-refractivity contribution in [3.05, 3.63) is 155 Å². The summed E-state index contributed by atoms with van der Waals surface area (Å²) in [7, 11) is -4.66. The number of hydrogen-bond acceptors (Lipinski definition) is 16. The molecule has 11 rings (SSSR count). The van der Waals surface area contributed by atoms with E-state index in [2.05, 4.69) is 17.8 Å². The number of ether oxygens (including phenoxy) is 3. The van der Waals surface area contributed by atoms with Crippen LogP contribution in [0.5, 0.6) is 11.5 Å². The van der Waals surface area contributed by atoms with Crippen molar-refractivity contribution in [2.24, 2.45) is 0 Å². The minimum atomic E-state index is -3.66. The van der Waals surface area contributed by atoms with Gasteiger partial charge in [0.15, 0.2) is 11.2 Å². The molecule has 3 aromatic carbocycles. The van der Waals surface area contributed by atoms with Crippen molar-refractivity contribution >= 4 is 43.9 Å². The highest BCUT2D eigenvalue weighted by molar-refractivity contribution is 7.86. The summed E-state index contributed by atoms with van der Waals surface area (Å²) in [6.45, 7) is 17.1. The lowest BCUT2D eigenvalue weighted by atomic mass is 9.86. The number of aliphatic hydroxyl groups is 2. The van der Waals surface area contributed by atoms with Crippen molar-refractivity contribution in [1.82, 2.24) is 19.1 Å². The molecule has 81 heavy (non-hydrogen) atoms. The van der Waals surface area contributed by atoms with E-state index in [4.69, 9.17) is 41.6 Å². The van der Waals surface area contributed by atoms with Crippen LogP contribution in [-0.4, -0.2) is 81.7 Å². The number of hydrogen-bond donors (Lipinski definition) is 3. The predicted octanol–water partition coefficient (Wildman–Crippen LogP) is 8.27. The first kappa shape index (κ1) is 57.3. The number of nitriles is 1. The maximum absolute atomic E-state index is 13.4. The number of nitrogens with zero attached hydrogens (tertiary/aromatic N) is 6. The number of phenolic OH excluding ortho intramolecular Hbond substituents is 1. The predicted molar refractivity (Wildman–Crippen MR) is 297 cm³/mol. The van der Waals surface area contributed by atoms with Crippen LogP contribution < -0.4 is 15.9 Å². The van der Waals surface area contributed by atoms with Crippen molar-refractivity contribution in [3.8, 4) is 40.3 Å². The molecule has 4 aliphatic rings. The lowest BCUT2D eigenvalue weighted by molar-refractivity contribution is -0.172. The number of rotatable bonds is 13. The molecule has 0 aliphatic carbocycles. The lowest BCUT2D eigenvalue weighted by Gasteiger charge is -2.31. The van der Waals surface area contributed by atoms with E-state index < -0.39 is 40.4 Å². The van der Waals surface area contributed by atoms with Crippen LogP contribution >= 0.6 is 0 Å². The van der Waals surface area contributed by atoms with E-state index in [1.165, 1.54) is 12.1 Å². The Bertz CT molecular complexity index is 3990. The summed E-state index contributed by atoms with van der Waals surface area (Å²) in [5, 5.41) is 42.4. The molecule has 0 saturated carbocycles. The van der Waals surface area contributed by atoms with Gasteiger partial charge in [-0.25, -0.2) is 26.1 Å². The molecular formula is C60H61FN6O13S.